The second-order valence-electron chi connectivity index (χ2n) is 4.57. The van der Waals surface area contributed by atoms with Crippen LogP contribution >= 0.6 is 0 Å². The number of hydrogen-bond acceptors (Lipinski definition) is 4. The number of H-pyrrole nitrogens is 1. The van der Waals surface area contributed by atoms with Gasteiger partial charge in [0.15, 0.2) is 5.82 Å². The number of nitriles is 1. The molecule has 6 heteroatoms. The molecular formula is C12H17N5O. The van der Waals surface area contributed by atoms with Gasteiger partial charge in [0, 0.05) is 30.9 Å². The van der Waals surface area contributed by atoms with Gasteiger partial charge in [0.2, 0.25) is 5.91 Å². The zero-order valence-corrected chi connectivity index (χ0v) is 10.4. The van der Waals surface area contributed by atoms with Crippen LogP contribution in [0.2, 0.25) is 0 Å². The minimum Gasteiger partial charge on any atom is -0.355 e. The minimum atomic E-state index is -0.174. The van der Waals surface area contributed by atoms with Gasteiger partial charge in [0.25, 0.3) is 0 Å². The summed E-state index contributed by atoms with van der Waals surface area (Å²) in [4.78, 5) is 13.5. The molecule has 1 aromatic rings. The van der Waals surface area contributed by atoms with Gasteiger partial charge in [-0.3, -0.25) is 9.89 Å². The Labute approximate surface area is 106 Å². The number of anilines is 1. The van der Waals surface area contributed by atoms with Crippen LogP contribution in [0.1, 0.15) is 25.0 Å². The molecule has 18 heavy (non-hydrogen) atoms. The lowest BCUT2D eigenvalue weighted by molar-refractivity contribution is -0.120. The van der Waals surface area contributed by atoms with Crippen LogP contribution in [0.5, 0.6) is 0 Å². The number of piperidine rings is 1. The number of hydrogen-bond donors (Lipinski definition) is 2. The van der Waals surface area contributed by atoms with Crippen LogP contribution < -0.4 is 10.2 Å². The number of aromatic nitrogens is 2. The second kappa shape index (κ2) is 5.54. The summed E-state index contributed by atoms with van der Waals surface area (Å²) in [6, 6.07) is 4.06. The molecule has 2 rings (SSSR count). The number of rotatable bonds is 3. The highest BCUT2D eigenvalue weighted by Gasteiger charge is 2.21. The molecule has 0 unspecified atom stereocenters. The molecule has 1 saturated heterocycles. The van der Waals surface area contributed by atoms with Gasteiger partial charge < -0.3 is 10.2 Å². The number of carbonyl (C=O) groups excluding carboxylic acids is 1. The van der Waals surface area contributed by atoms with Crippen molar-refractivity contribution in [2.75, 3.05) is 18.0 Å². The van der Waals surface area contributed by atoms with Crippen molar-refractivity contribution in [3.8, 4) is 6.07 Å². The van der Waals surface area contributed by atoms with Crippen molar-refractivity contribution in [2.24, 2.45) is 0 Å². The summed E-state index contributed by atoms with van der Waals surface area (Å²) in [5, 5.41) is 18.5. The number of amides is 1. The highest BCUT2D eigenvalue weighted by molar-refractivity contribution is 5.78. The second-order valence-corrected chi connectivity index (χ2v) is 4.57. The monoisotopic (exact) mass is 247 g/mol. The first kappa shape index (κ1) is 12.4. The van der Waals surface area contributed by atoms with E-state index in [2.05, 4.69) is 20.4 Å². The van der Waals surface area contributed by atoms with Gasteiger partial charge in [-0.2, -0.15) is 10.4 Å². The van der Waals surface area contributed by atoms with Crippen molar-refractivity contribution in [3.05, 3.63) is 11.8 Å². The lowest BCUT2D eigenvalue weighted by Crippen LogP contribution is -2.44. The molecule has 0 spiro atoms. The lowest BCUT2D eigenvalue weighted by Gasteiger charge is -2.32. The Balaban J connectivity index is 1.81. The fraction of sp³-hybridized carbons (Fsp3) is 0.583. The van der Waals surface area contributed by atoms with E-state index in [0.717, 1.165) is 37.4 Å². The largest absolute Gasteiger partial charge is 0.355 e. The highest BCUT2D eigenvalue weighted by Crippen LogP contribution is 2.18. The van der Waals surface area contributed by atoms with E-state index in [1.807, 2.05) is 19.1 Å². The third kappa shape index (κ3) is 3.00. The van der Waals surface area contributed by atoms with Crippen molar-refractivity contribution < 1.29 is 4.79 Å². The number of nitrogens with one attached hydrogen (secondary N) is 2. The van der Waals surface area contributed by atoms with E-state index in [9.17, 15) is 4.79 Å². The van der Waals surface area contributed by atoms with Crippen LogP contribution in [-0.2, 0) is 4.79 Å². The van der Waals surface area contributed by atoms with Crippen LogP contribution in [0.3, 0.4) is 0 Å². The van der Waals surface area contributed by atoms with Crippen molar-refractivity contribution >= 4 is 11.7 Å². The first-order valence-corrected chi connectivity index (χ1v) is 6.12. The van der Waals surface area contributed by atoms with Crippen molar-refractivity contribution in [2.45, 2.75) is 32.2 Å². The van der Waals surface area contributed by atoms with E-state index in [4.69, 9.17) is 5.26 Å². The molecule has 2 heterocycles. The Morgan fingerprint density at radius 2 is 2.39 bits per heavy atom. The van der Waals surface area contributed by atoms with Crippen LogP contribution in [0.15, 0.2) is 6.07 Å². The summed E-state index contributed by atoms with van der Waals surface area (Å²) in [6.45, 7) is 3.73. The SMILES string of the molecule is Cc1cc(N2CCC(NC(=O)CC#N)CC2)n[nH]1. The predicted molar refractivity (Wildman–Crippen MR) is 66.9 cm³/mol. The molecule has 1 aromatic heterocycles. The molecule has 1 fully saturated rings. The van der Waals surface area contributed by atoms with E-state index >= 15 is 0 Å². The maximum atomic E-state index is 11.3. The van der Waals surface area contributed by atoms with Crippen LogP contribution in [-0.4, -0.2) is 35.2 Å². The van der Waals surface area contributed by atoms with Gasteiger partial charge in [-0.25, -0.2) is 0 Å². The smallest absolute Gasteiger partial charge is 0.234 e. The molecule has 2 N–H and O–H groups in total. The maximum Gasteiger partial charge on any atom is 0.234 e. The van der Waals surface area contributed by atoms with Crippen LogP contribution in [0, 0.1) is 18.3 Å². The van der Waals surface area contributed by atoms with Crippen molar-refractivity contribution in [1.29, 1.82) is 5.26 Å². The highest BCUT2D eigenvalue weighted by atomic mass is 16.1. The fourth-order valence-electron chi connectivity index (χ4n) is 2.17. The topological polar surface area (TPSA) is 84.8 Å². The fourth-order valence-corrected chi connectivity index (χ4v) is 2.17. The third-order valence-electron chi connectivity index (χ3n) is 3.12. The van der Waals surface area contributed by atoms with E-state index in [-0.39, 0.29) is 18.4 Å². The van der Waals surface area contributed by atoms with Crippen LogP contribution in [0.4, 0.5) is 5.82 Å². The number of aryl methyl sites for hydroxylation is 1. The predicted octanol–water partition coefficient (Wildman–Crippen LogP) is 0.717. The summed E-state index contributed by atoms with van der Waals surface area (Å²) in [5.74, 6) is 0.792. The van der Waals surface area contributed by atoms with Gasteiger partial charge in [0.1, 0.15) is 6.42 Å². The summed E-state index contributed by atoms with van der Waals surface area (Å²) in [5.41, 5.74) is 1.05. The average Bonchev–Trinajstić information content (AvgIpc) is 2.77. The normalized spacial score (nSPS) is 16.3. The molecule has 0 aromatic carbocycles. The Hall–Kier alpha value is -2.03. The first-order valence-electron chi connectivity index (χ1n) is 6.12. The summed E-state index contributed by atoms with van der Waals surface area (Å²) < 4.78 is 0. The minimum absolute atomic E-state index is 0.0568. The molecule has 6 nitrogen and oxygen atoms in total. The molecule has 1 amide bonds. The zero-order valence-electron chi connectivity index (χ0n) is 10.4. The molecule has 0 aliphatic carbocycles. The molecule has 1 aliphatic heterocycles. The molecule has 0 radical (unpaired) electrons. The van der Waals surface area contributed by atoms with Gasteiger partial charge in [-0.05, 0) is 19.8 Å². The Bertz CT molecular complexity index is 453. The quantitative estimate of drug-likeness (QED) is 0.824. The van der Waals surface area contributed by atoms with Gasteiger partial charge in [-0.15, -0.1) is 0 Å². The maximum absolute atomic E-state index is 11.3. The summed E-state index contributed by atoms with van der Waals surface area (Å²) in [7, 11) is 0. The van der Waals surface area contributed by atoms with E-state index in [1.165, 1.54) is 0 Å². The van der Waals surface area contributed by atoms with E-state index in [0.29, 0.717) is 0 Å². The molecule has 0 bridgehead atoms. The van der Waals surface area contributed by atoms with Gasteiger partial charge in [0.05, 0.1) is 6.07 Å². The molecule has 0 atom stereocenters. The molecule has 1 aliphatic rings. The Morgan fingerprint density at radius 3 is 2.94 bits per heavy atom. The van der Waals surface area contributed by atoms with Gasteiger partial charge in [-0.1, -0.05) is 0 Å². The summed E-state index contributed by atoms with van der Waals surface area (Å²) in [6.07, 6.45) is 1.73. The average molecular weight is 247 g/mol. The molecule has 96 valence electrons. The summed E-state index contributed by atoms with van der Waals surface area (Å²) >= 11 is 0. The van der Waals surface area contributed by atoms with Crippen molar-refractivity contribution in [1.82, 2.24) is 15.5 Å². The zero-order chi connectivity index (χ0) is 13.0. The number of aromatic amines is 1. The molecular weight excluding hydrogens is 230 g/mol. The first-order chi connectivity index (χ1) is 8.69. The number of carbonyl (C=O) groups is 1. The van der Waals surface area contributed by atoms with Gasteiger partial charge >= 0.3 is 0 Å². The Morgan fingerprint density at radius 1 is 1.67 bits per heavy atom. The third-order valence-corrected chi connectivity index (χ3v) is 3.12. The lowest BCUT2D eigenvalue weighted by atomic mass is 10.0. The molecule has 0 saturated carbocycles. The number of nitrogens with zero attached hydrogens (tertiary/aromatic N) is 3. The van der Waals surface area contributed by atoms with E-state index < -0.39 is 0 Å². The van der Waals surface area contributed by atoms with Crippen LogP contribution in [0.25, 0.3) is 0 Å². The van der Waals surface area contributed by atoms with E-state index in [1.54, 1.807) is 0 Å². The van der Waals surface area contributed by atoms with Crippen molar-refractivity contribution in [3.63, 3.8) is 0 Å². The Kier molecular flexibility index (Phi) is 3.82. The standard InChI is InChI=1S/C12H17N5O/c1-9-8-11(16-15-9)17-6-3-10(4-7-17)14-12(18)2-5-13/h8,10H,2-4,6-7H2,1H3,(H,14,18)(H,15,16).